The van der Waals surface area contributed by atoms with Gasteiger partial charge in [0.05, 0.1) is 0 Å². The number of Topliss-reactive ketones (excluding diaryl/α,β-unsaturated/α-hetero) is 1. The van der Waals surface area contributed by atoms with E-state index in [1.807, 2.05) is 18.2 Å². The molecule has 1 aromatic carbocycles. The summed E-state index contributed by atoms with van der Waals surface area (Å²) in [4.78, 5) is 26.3. The Hall–Kier alpha value is -1.64. The maximum Gasteiger partial charge on any atom is 0.294 e. The first-order valence-corrected chi connectivity index (χ1v) is 7.71. The molecular formula is C17H21NO2. The molecule has 3 rings (SSSR count). The fourth-order valence-electron chi connectivity index (χ4n) is 3.24. The molecule has 3 nitrogen and oxygen atoms in total. The van der Waals surface area contributed by atoms with Gasteiger partial charge >= 0.3 is 0 Å². The molecule has 0 radical (unpaired) electrons. The molecule has 0 aromatic heterocycles. The van der Waals surface area contributed by atoms with Crippen LogP contribution in [-0.2, 0) is 17.6 Å². The zero-order valence-electron chi connectivity index (χ0n) is 11.9. The molecule has 3 heteroatoms. The highest BCUT2D eigenvalue weighted by molar-refractivity contribution is 6.42. The number of amides is 1. The van der Waals surface area contributed by atoms with Gasteiger partial charge < -0.3 is 4.90 Å². The minimum atomic E-state index is -0.333. The maximum atomic E-state index is 12.3. The van der Waals surface area contributed by atoms with E-state index in [2.05, 4.69) is 0 Å². The number of rotatable bonds is 2. The lowest BCUT2D eigenvalue weighted by atomic mass is 9.89. The second-order valence-corrected chi connectivity index (χ2v) is 5.87. The van der Waals surface area contributed by atoms with Gasteiger partial charge in [-0.05, 0) is 62.1 Å². The van der Waals surface area contributed by atoms with Crippen LogP contribution in [0.5, 0.6) is 0 Å². The monoisotopic (exact) mass is 271 g/mol. The minimum absolute atomic E-state index is 0.319. The molecular weight excluding hydrogens is 250 g/mol. The lowest BCUT2D eigenvalue weighted by molar-refractivity contribution is -0.127. The fourth-order valence-corrected chi connectivity index (χ4v) is 3.24. The van der Waals surface area contributed by atoms with E-state index in [9.17, 15) is 9.59 Å². The Labute approximate surface area is 120 Å². The summed E-state index contributed by atoms with van der Waals surface area (Å²) < 4.78 is 0. The molecule has 0 spiro atoms. The molecule has 1 heterocycles. The van der Waals surface area contributed by atoms with Gasteiger partial charge in [0.25, 0.3) is 5.91 Å². The highest BCUT2D eigenvalue weighted by Gasteiger charge is 2.25. The standard InChI is InChI=1S/C17H21NO2/c19-16(17(20)18-10-4-1-5-11-18)15-9-8-13-6-2-3-7-14(13)12-15/h8-9,12H,1-7,10-11H2. The molecule has 0 saturated carbocycles. The molecule has 0 bridgehead atoms. The summed E-state index contributed by atoms with van der Waals surface area (Å²) in [6.45, 7) is 1.46. The Morgan fingerprint density at radius 1 is 0.850 bits per heavy atom. The van der Waals surface area contributed by atoms with Gasteiger partial charge in [0.2, 0.25) is 5.78 Å². The first-order chi connectivity index (χ1) is 9.75. The molecule has 1 saturated heterocycles. The van der Waals surface area contributed by atoms with Crippen molar-refractivity contribution >= 4 is 11.7 Å². The number of carbonyl (C=O) groups excluding carboxylic acids is 2. The minimum Gasteiger partial charge on any atom is -0.336 e. The number of carbonyl (C=O) groups is 2. The van der Waals surface area contributed by atoms with Crippen molar-refractivity contribution < 1.29 is 9.59 Å². The van der Waals surface area contributed by atoms with Crippen LogP contribution in [0.3, 0.4) is 0 Å². The van der Waals surface area contributed by atoms with Crippen molar-refractivity contribution in [2.45, 2.75) is 44.9 Å². The van der Waals surface area contributed by atoms with Gasteiger partial charge in [0.15, 0.2) is 0 Å². The van der Waals surface area contributed by atoms with Crippen molar-refractivity contribution in [3.8, 4) is 0 Å². The van der Waals surface area contributed by atoms with E-state index in [1.54, 1.807) is 4.90 Å². The summed E-state index contributed by atoms with van der Waals surface area (Å²) in [7, 11) is 0. The number of likely N-dealkylation sites (tertiary alicyclic amines) is 1. The van der Waals surface area contributed by atoms with E-state index in [0.29, 0.717) is 5.56 Å². The van der Waals surface area contributed by atoms with Gasteiger partial charge in [-0.2, -0.15) is 0 Å². The van der Waals surface area contributed by atoms with Gasteiger partial charge in [-0.15, -0.1) is 0 Å². The zero-order chi connectivity index (χ0) is 13.9. The smallest absolute Gasteiger partial charge is 0.294 e. The normalized spacial score (nSPS) is 18.5. The van der Waals surface area contributed by atoms with Crippen LogP contribution >= 0.6 is 0 Å². The lowest BCUT2D eigenvalue weighted by Crippen LogP contribution is -2.40. The highest BCUT2D eigenvalue weighted by atomic mass is 16.2. The summed E-state index contributed by atoms with van der Waals surface area (Å²) in [6, 6.07) is 5.80. The van der Waals surface area contributed by atoms with E-state index >= 15 is 0 Å². The molecule has 106 valence electrons. The molecule has 1 aliphatic heterocycles. The second-order valence-electron chi connectivity index (χ2n) is 5.87. The van der Waals surface area contributed by atoms with Crippen LogP contribution in [0.1, 0.15) is 53.6 Å². The van der Waals surface area contributed by atoms with Crippen molar-refractivity contribution in [1.29, 1.82) is 0 Å². The highest BCUT2D eigenvalue weighted by Crippen LogP contribution is 2.23. The van der Waals surface area contributed by atoms with Crippen molar-refractivity contribution in [2.24, 2.45) is 0 Å². The quantitative estimate of drug-likeness (QED) is 0.612. The molecule has 2 aliphatic rings. The van der Waals surface area contributed by atoms with Crippen LogP contribution in [0.15, 0.2) is 18.2 Å². The van der Waals surface area contributed by atoms with Crippen LogP contribution in [-0.4, -0.2) is 29.7 Å². The van der Waals surface area contributed by atoms with Crippen molar-refractivity contribution in [1.82, 2.24) is 4.90 Å². The number of benzene rings is 1. The number of hydrogen-bond donors (Lipinski definition) is 0. The fraction of sp³-hybridized carbons (Fsp3) is 0.529. The van der Waals surface area contributed by atoms with Crippen molar-refractivity contribution in [3.05, 3.63) is 34.9 Å². The maximum absolute atomic E-state index is 12.3. The van der Waals surface area contributed by atoms with Crippen molar-refractivity contribution in [3.63, 3.8) is 0 Å². The predicted molar refractivity (Wildman–Crippen MR) is 77.8 cm³/mol. The zero-order valence-corrected chi connectivity index (χ0v) is 11.9. The largest absolute Gasteiger partial charge is 0.336 e. The third-order valence-electron chi connectivity index (χ3n) is 4.45. The second kappa shape index (κ2) is 5.78. The summed E-state index contributed by atoms with van der Waals surface area (Å²) in [5.74, 6) is -0.652. The molecule has 1 aliphatic carbocycles. The van der Waals surface area contributed by atoms with Crippen LogP contribution in [0.4, 0.5) is 0 Å². The van der Waals surface area contributed by atoms with E-state index in [1.165, 1.54) is 24.0 Å². The molecule has 0 N–H and O–H groups in total. The van der Waals surface area contributed by atoms with Crippen LogP contribution in [0.2, 0.25) is 0 Å². The summed E-state index contributed by atoms with van der Waals surface area (Å²) in [5.41, 5.74) is 3.17. The van der Waals surface area contributed by atoms with E-state index in [0.717, 1.165) is 45.2 Å². The Morgan fingerprint density at radius 2 is 1.55 bits per heavy atom. The summed E-state index contributed by atoms with van der Waals surface area (Å²) in [5, 5.41) is 0. The first kappa shape index (κ1) is 13.3. The van der Waals surface area contributed by atoms with Crippen LogP contribution in [0, 0.1) is 0 Å². The predicted octanol–water partition coefficient (Wildman–Crippen LogP) is 2.76. The number of nitrogens with zero attached hydrogens (tertiary/aromatic N) is 1. The van der Waals surface area contributed by atoms with Gasteiger partial charge in [0, 0.05) is 18.7 Å². The van der Waals surface area contributed by atoms with Crippen molar-refractivity contribution in [2.75, 3.05) is 13.1 Å². The molecule has 1 amide bonds. The van der Waals surface area contributed by atoms with Gasteiger partial charge in [-0.25, -0.2) is 0 Å². The summed E-state index contributed by atoms with van der Waals surface area (Å²) >= 11 is 0. The molecule has 1 aromatic rings. The molecule has 0 unspecified atom stereocenters. The Morgan fingerprint density at radius 3 is 2.30 bits per heavy atom. The van der Waals surface area contributed by atoms with Crippen LogP contribution < -0.4 is 0 Å². The van der Waals surface area contributed by atoms with E-state index < -0.39 is 0 Å². The number of fused-ring (bicyclic) bond motifs is 1. The average Bonchev–Trinajstić information content (AvgIpc) is 2.54. The average molecular weight is 271 g/mol. The first-order valence-electron chi connectivity index (χ1n) is 7.71. The Balaban J connectivity index is 1.77. The number of hydrogen-bond acceptors (Lipinski definition) is 2. The molecule has 1 fully saturated rings. The number of aryl methyl sites for hydroxylation is 2. The number of ketones is 1. The van der Waals surface area contributed by atoms with E-state index in [4.69, 9.17) is 0 Å². The van der Waals surface area contributed by atoms with Crippen LogP contribution in [0.25, 0.3) is 0 Å². The Bertz CT molecular complexity index is 530. The van der Waals surface area contributed by atoms with E-state index in [-0.39, 0.29) is 11.7 Å². The Kier molecular flexibility index (Phi) is 3.86. The molecule has 20 heavy (non-hydrogen) atoms. The topological polar surface area (TPSA) is 37.4 Å². The molecule has 0 atom stereocenters. The number of piperidine rings is 1. The third-order valence-corrected chi connectivity index (χ3v) is 4.45. The SMILES string of the molecule is O=C(C(=O)N1CCCCC1)c1ccc2c(c1)CCCC2. The van der Waals surface area contributed by atoms with Gasteiger partial charge in [-0.1, -0.05) is 12.1 Å². The lowest BCUT2D eigenvalue weighted by Gasteiger charge is -2.26. The summed E-state index contributed by atoms with van der Waals surface area (Å²) in [6.07, 6.45) is 7.75. The third kappa shape index (κ3) is 2.62. The van der Waals surface area contributed by atoms with Gasteiger partial charge in [-0.3, -0.25) is 9.59 Å². The van der Waals surface area contributed by atoms with Gasteiger partial charge in [0.1, 0.15) is 0 Å².